The largest absolute Gasteiger partial charge is 0.407 e. The molecule has 0 saturated carbocycles. The predicted molar refractivity (Wildman–Crippen MR) is 63.6 cm³/mol. The molecule has 0 aliphatic heterocycles. The molecular weight excluding hydrogens is 272 g/mol. The highest BCUT2D eigenvalue weighted by molar-refractivity contribution is 6.36. The average molecular weight is 279 g/mol. The number of hydrogen-bond acceptors (Lipinski definition) is 4. The van der Waals surface area contributed by atoms with Gasteiger partial charge in [-0.2, -0.15) is 0 Å². The molecule has 0 unspecified atom stereocenters. The lowest BCUT2D eigenvalue weighted by molar-refractivity contribution is 0.530. The summed E-state index contributed by atoms with van der Waals surface area (Å²) in [5.41, 5.74) is 0.635. The maximum absolute atomic E-state index is 5.96. The van der Waals surface area contributed by atoms with E-state index in [-0.39, 0.29) is 11.9 Å². The van der Waals surface area contributed by atoms with E-state index in [0.29, 0.717) is 21.6 Å². The van der Waals surface area contributed by atoms with Crippen molar-refractivity contribution in [3.8, 4) is 0 Å². The summed E-state index contributed by atoms with van der Waals surface area (Å²) in [5, 5.41) is 11.3. The van der Waals surface area contributed by atoms with Crippen molar-refractivity contribution in [3.05, 3.63) is 34.1 Å². The monoisotopic (exact) mass is 277 g/mol. The molecule has 1 aromatic heterocycles. The van der Waals surface area contributed by atoms with Crippen molar-refractivity contribution < 1.29 is 4.42 Å². The van der Waals surface area contributed by atoms with Crippen molar-refractivity contribution in [1.82, 2.24) is 10.2 Å². The summed E-state index contributed by atoms with van der Waals surface area (Å²) in [5.74, 6) is 0.512. The second kappa shape index (κ2) is 4.91. The zero-order valence-corrected chi connectivity index (χ0v) is 10.1. The van der Waals surface area contributed by atoms with E-state index in [4.69, 9.17) is 39.2 Å². The van der Waals surface area contributed by atoms with Crippen LogP contribution >= 0.6 is 34.8 Å². The molecular formula is C9H6Cl3N3O. The highest BCUT2D eigenvalue weighted by Crippen LogP contribution is 2.27. The minimum atomic E-state index is 0.170. The quantitative estimate of drug-likeness (QED) is 0.866. The lowest BCUT2D eigenvalue weighted by Gasteiger charge is -2.03. The van der Waals surface area contributed by atoms with Crippen LogP contribution in [-0.2, 0) is 5.88 Å². The third kappa shape index (κ3) is 2.58. The minimum absolute atomic E-state index is 0.170. The summed E-state index contributed by atoms with van der Waals surface area (Å²) in [6.07, 6.45) is 0. The Morgan fingerprint density at radius 2 is 2.06 bits per heavy atom. The van der Waals surface area contributed by atoms with Gasteiger partial charge in [0.2, 0.25) is 5.89 Å². The Bertz CT molecular complexity index is 500. The summed E-state index contributed by atoms with van der Waals surface area (Å²) in [7, 11) is 0. The van der Waals surface area contributed by atoms with Crippen LogP contribution in [0.2, 0.25) is 10.0 Å². The molecule has 0 spiro atoms. The molecule has 1 N–H and O–H groups in total. The third-order valence-corrected chi connectivity index (χ3v) is 2.53. The van der Waals surface area contributed by atoms with Crippen LogP contribution in [0.15, 0.2) is 22.6 Å². The predicted octanol–water partition coefficient (Wildman–Crippen LogP) is 3.86. The SMILES string of the molecule is ClCc1nnc(Nc2ccc(Cl)cc2Cl)o1. The van der Waals surface area contributed by atoms with Gasteiger partial charge in [-0.3, -0.25) is 0 Å². The molecule has 1 heterocycles. The van der Waals surface area contributed by atoms with Crippen LogP contribution in [0.4, 0.5) is 11.7 Å². The van der Waals surface area contributed by atoms with Crippen LogP contribution in [0.25, 0.3) is 0 Å². The third-order valence-electron chi connectivity index (χ3n) is 1.75. The van der Waals surface area contributed by atoms with Crippen molar-refractivity contribution in [1.29, 1.82) is 0 Å². The first kappa shape index (κ1) is 11.5. The number of benzene rings is 1. The van der Waals surface area contributed by atoms with Gasteiger partial charge in [-0.1, -0.05) is 28.3 Å². The zero-order chi connectivity index (χ0) is 11.5. The van der Waals surface area contributed by atoms with E-state index < -0.39 is 0 Å². The number of alkyl halides is 1. The lowest BCUT2D eigenvalue weighted by atomic mass is 10.3. The highest BCUT2D eigenvalue weighted by Gasteiger charge is 2.07. The Hall–Kier alpha value is -0.970. The maximum Gasteiger partial charge on any atom is 0.320 e. The Morgan fingerprint density at radius 3 is 2.69 bits per heavy atom. The summed E-state index contributed by atoms with van der Waals surface area (Å²) in [6, 6.07) is 5.27. The molecule has 0 radical (unpaired) electrons. The topological polar surface area (TPSA) is 51.0 Å². The molecule has 0 bridgehead atoms. The number of aromatic nitrogens is 2. The van der Waals surface area contributed by atoms with Crippen LogP contribution < -0.4 is 5.32 Å². The fourth-order valence-corrected chi connectivity index (χ4v) is 1.63. The van der Waals surface area contributed by atoms with Gasteiger partial charge >= 0.3 is 6.01 Å². The van der Waals surface area contributed by atoms with E-state index in [1.54, 1.807) is 18.2 Å². The number of anilines is 2. The van der Waals surface area contributed by atoms with Crippen molar-refractivity contribution in [3.63, 3.8) is 0 Å². The molecule has 0 amide bonds. The Balaban J connectivity index is 2.20. The molecule has 2 aromatic rings. The lowest BCUT2D eigenvalue weighted by Crippen LogP contribution is -1.91. The highest BCUT2D eigenvalue weighted by atomic mass is 35.5. The molecule has 0 aliphatic rings. The van der Waals surface area contributed by atoms with E-state index in [1.807, 2.05) is 0 Å². The standard InChI is InChI=1S/C9H6Cl3N3O/c10-4-8-14-15-9(16-8)13-7-2-1-5(11)3-6(7)12/h1-3H,4H2,(H,13,15). The summed E-state index contributed by atoms with van der Waals surface area (Å²) in [6.45, 7) is 0. The number of nitrogens with zero attached hydrogens (tertiary/aromatic N) is 2. The van der Waals surface area contributed by atoms with Gasteiger partial charge in [0.25, 0.3) is 0 Å². The second-order valence-electron chi connectivity index (χ2n) is 2.88. The first-order valence-electron chi connectivity index (χ1n) is 4.29. The molecule has 0 aliphatic carbocycles. The fourth-order valence-electron chi connectivity index (χ4n) is 1.06. The summed E-state index contributed by atoms with van der Waals surface area (Å²) in [4.78, 5) is 0. The molecule has 1 aromatic carbocycles. The summed E-state index contributed by atoms with van der Waals surface area (Å²) >= 11 is 17.3. The maximum atomic E-state index is 5.96. The second-order valence-corrected chi connectivity index (χ2v) is 3.99. The van der Waals surface area contributed by atoms with Gasteiger partial charge in [-0.05, 0) is 18.2 Å². The van der Waals surface area contributed by atoms with Crippen LogP contribution in [-0.4, -0.2) is 10.2 Å². The molecule has 0 saturated heterocycles. The van der Waals surface area contributed by atoms with E-state index in [1.165, 1.54) is 0 Å². The molecule has 4 nitrogen and oxygen atoms in total. The van der Waals surface area contributed by atoms with Gasteiger partial charge < -0.3 is 9.73 Å². The normalized spacial score (nSPS) is 10.4. The van der Waals surface area contributed by atoms with E-state index >= 15 is 0 Å². The molecule has 0 atom stereocenters. The zero-order valence-electron chi connectivity index (χ0n) is 7.88. The number of hydrogen-bond donors (Lipinski definition) is 1. The average Bonchev–Trinajstić information content (AvgIpc) is 2.70. The fraction of sp³-hybridized carbons (Fsp3) is 0.111. The van der Waals surface area contributed by atoms with E-state index in [0.717, 1.165) is 0 Å². The van der Waals surface area contributed by atoms with Crippen LogP contribution in [0.3, 0.4) is 0 Å². The van der Waals surface area contributed by atoms with Crippen molar-refractivity contribution in [2.45, 2.75) is 5.88 Å². The first-order valence-corrected chi connectivity index (χ1v) is 5.58. The molecule has 84 valence electrons. The molecule has 16 heavy (non-hydrogen) atoms. The van der Waals surface area contributed by atoms with Crippen molar-refractivity contribution >= 4 is 46.5 Å². The van der Waals surface area contributed by atoms with Gasteiger partial charge in [0.05, 0.1) is 10.7 Å². The smallest absolute Gasteiger partial charge is 0.320 e. The van der Waals surface area contributed by atoms with Gasteiger partial charge in [0, 0.05) is 5.02 Å². The molecule has 0 fully saturated rings. The van der Waals surface area contributed by atoms with Crippen LogP contribution in [0, 0.1) is 0 Å². The van der Waals surface area contributed by atoms with Crippen molar-refractivity contribution in [2.24, 2.45) is 0 Å². The van der Waals surface area contributed by atoms with Crippen LogP contribution in [0.1, 0.15) is 5.89 Å². The summed E-state index contributed by atoms with van der Waals surface area (Å²) < 4.78 is 5.17. The number of rotatable bonds is 3. The van der Waals surface area contributed by atoms with Gasteiger partial charge in [-0.15, -0.1) is 16.7 Å². The Kier molecular flexibility index (Phi) is 3.53. The van der Waals surface area contributed by atoms with E-state index in [9.17, 15) is 0 Å². The van der Waals surface area contributed by atoms with Crippen molar-refractivity contribution in [2.75, 3.05) is 5.32 Å². The van der Waals surface area contributed by atoms with Gasteiger partial charge in [-0.25, -0.2) is 0 Å². The minimum Gasteiger partial charge on any atom is -0.407 e. The first-order chi connectivity index (χ1) is 7.69. The number of halogens is 3. The molecule has 2 rings (SSSR count). The Morgan fingerprint density at radius 1 is 1.25 bits per heavy atom. The Labute approximate surface area is 107 Å². The van der Waals surface area contributed by atoms with Gasteiger partial charge in [0.1, 0.15) is 5.88 Å². The number of nitrogens with one attached hydrogen (secondary N) is 1. The van der Waals surface area contributed by atoms with Gasteiger partial charge in [0.15, 0.2) is 0 Å². The molecule has 7 heteroatoms. The van der Waals surface area contributed by atoms with Crippen LogP contribution in [0.5, 0.6) is 0 Å². The van der Waals surface area contributed by atoms with E-state index in [2.05, 4.69) is 15.5 Å².